The molecular formula is C15H23N5O. The first-order valence-corrected chi connectivity index (χ1v) is 7.66. The predicted molar refractivity (Wildman–Crippen MR) is 80.3 cm³/mol. The van der Waals surface area contributed by atoms with E-state index in [2.05, 4.69) is 20.2 Å². The second-order valence-electron chi connectivity index (χ2n) is 6.01. The third kappa shape index (κ3) is 4.00. The lowest BCUT2D eigenvalue weighted by molar-refractivity contribution is 0.0947. The number of carbonyl (C=O) groups excluding carboxylic acids is 1. The summed E-state index contributed by atoms with van der Waals surface area (Å²) in [5.41, 5.74) is 3.42. The van der Waals surface area contributed by atoms with Crippen molar-refractivity contribution in [3.63, 3.8) is 0 Å². The van der Waals surface area contributed by atoms with E-state index in [1.807, 2.05) is 12.1 Å². The predicted octanol–water partition coefficient (Wildman–Crippen LogP) is 0.213. The lowest BCUT2D eigenvalue weighted by atomic mass is 10.2. The normalized spacial score (nSPS) is 20.4. The molecule has 3 rings (SSSR count). The first-order valence-electron chi connectivity index (χ1n) is 7.66. The molecule has 2 heterocycles. The summed E-state index contributed by atoms with van der Waals surface area (Å²) in [6, 6.07) is 5.50. The molecule has 0 radical (unpaired) electrons. The fourth-order valence-corrected chi connectivity index (χ4v) is 2.79. The molecule has 1 aromatic heterocycles. The van der Waals surface area contributed by atoms with E-state index in [4.69, 9.17) is 5.84 Å². The molecule has 2 fully saturated rings. The standard InChI is InChI=1S/C15H23N5O/c16-18-15(21)14-3-1-2-13(17-14)11-20-8-6-19(7-9-20)10-12-4-5-12/h1-3,12H,4-11,16H2,(H,18,21). The number of piperazine rings is 1. The number of hydrogen-bond donors (Lipinski definition) is 2. The average molecular weight is 289 g/mol. The minimum atomic E-state index is -0.342. The number of hydrogen-bond acceptors (Lipinski definition) is 5. The molecule has 1 saturated heterocycles. The molecule has 1 aromatic rings. The van der Waals surface area contributed by atoms with Crippen LogP contribution in [0.25, 0.3) is 0 Å². The summed E-state index contributed by atoms with van der Waals surface area (Å²) in [7, 11) is 0. The van der Waals surface area contributed by atoms with Crippen molar-refractivity contribution in [1.82, 2.24) is 20.2 Å². The molecule has 0 spiro atoms. The lowest BCUT2D eigenvalue weighted by Gasteiger charge is -2.34. The number of aromatic nitrogens is 1. The quantitative estimate of drug-likeness (QED) is 0.460. The molecule has 2 aliphatic rings. The zero-order valence-electron chi connectivity index (χ0n) is 12.3. The molecule has 0 bridgehead atoms. The largest absolute Gasteiger partial charge is 0.301 e. The number of rotatable bonds is 5. The van der Waals surface area contributed by atoms with Gasteiger partial charge in [-0.2, -0.15) is 0 Å². The smallest absolute Gasteiger partial charge is 0.283 e. The maximum Gasteiger partial charge on any atom is 0.283 e. The van der Waals surface area contributed by atoms with Crippen LogP contribution in [0.15, 0.2) is 18.2 Å². The summed E-state index contributed by atoms with van der Waals surface area (Å²) in [6.07, 6.45) is 2.83. The molecule has 1 saturated carbocycles. The minimum absolute atomic E-state index is 0.342. The molecule has 6 heteroatoms. The fourth-order valence-electron chi connectivity index (χ4n) is 2.79. The van der Waals surface area contributed by atoms with Crippen LogP contribution in [0, 0.1) is 5.92 Å². The van der Waals surface area contributed by atoms with E-state index in [-0.39, 0.29) is 5.91 Å². The van der Waals surface area contributed by atoms with Gasteiger partial charge in [-0.15, -0.1) is 0 Å². The SMILES string of the molecule is NNC(=O)c1cccc(CN2CCN(CC3CC3)CC2)n1. The van der Waals surface area contributed by atoms with Gasteiger partial charge in [-0.1, -0.05) is 6.07 Å². The van der Waals surface area contributed by atoms with E-state index in [9.17, 15) is 4.79 Å². The van der Waals surface area contributed by atoms with Crippen molar-refractivity contribution in [2.45, 2.75) is 19.4 Å². The minimum Gasteiger partial charge on any atom is -0.301 e. The summed E-state index contributed by atoms with van der Waals surface area (Å²) in [5, 5.41) is 0. The van der Waals surface area contributed by atoms with Gasteiger partial charge >= 0.3 is 0 Å². The number of carbonyl (C=O) groups is 1. The zero-order valence-corrected chi connectivity index (χ0v) is 12.3. The molecule has 114 valence electrons. The first kappa shape index (κ1) is 14.4. The summed E-state index contributed by atoms with van der Waals surface area (Å²) in [4.78, 5) is 20.8. The van der Waals surface area contributed by atoms with Crippen molar-refractivity contribution in [3.8, 4) is 0 Å². The highest BCUT2D eigenvalue weighted by Gasteiger charge is 2.26. The molecule has 1 amide bonds. The van der Waals surface area contributed by atoms with Crippen LogP contribution in [0.2, 0.25) is 0 Å². The Morgan fingerprint density at radius 2 is 1.95 bits per heavy atom. The molecule has 6 nitrogen and oxygen atoms in total. The van der Waals surface area contributed by atoms with Gasteiger partial charge in [0.1, 0.15) is 5.69 Å². The summed E-state index contributed by atoms with van der Waals surface area (Å²) in [6.45, 7) is 6.49. The Labute approximate surface area is 125 Å². The topological polar surface area (TPSA) is 74.5 Å². The molecule has 21 heavy (non-hydrogen) atoms. The summed E-state index contributed by atoms with van der Waals surface area (Å²) < 4.78 is 0. The Hall–Kier alpha value is -1.50. The average Bonchev–Trinajstić information content (AvgIpc) is 3.33. The van der Waals surface area contributed by atoms with Gasteiger partial charge in [-0.05, 0) is 30.9 Å². The highest BCUT2D eigenvalue weighted by atomic mass is 16.2. The van der Waals surface area contributed by atoms with Crippen LogP contribution < -0.4 is 11.3 Å². The molecule has 1 aliphatic heterocycles. The van der Waals surface area contributed by atoms with Crippen molar-refractivity contribution >= 4 is 5.91 Å². The number of nitrogens with two attached hydrogens (primary N) is 1. The Bertz CT molecular complexity index is 495. The Kier molecular flexibility index (Phi) is 4.48. The van der Waals surface area contributed by atoms with Gasteiger partial charge < -0.3 is 4.90 Å². The van der Waals surface area contributed by atoms with Crippen LogP contribution in [-0.2, 0) is 6.54 Å². The second kappa shape index (κ2) is 6.51. The third-order valence-corrected chi connectivity index (χ3v) is 4.23. The Balaban J connectivity index is 1.51. The van der Waals surface area contributed by atoms with Crippen molar-refractivity contribution in [2.24, 2.45) is 11.8 Å². The maximum absolute atomic E-state index is 11.5. The second-order valence-corrected chi connectivity index (χ2v) is 6.01. The van der Waals surface area contributed by atoms with Crippen molar-refractivity contribution in [1.29, 1.82) is 0 Å². The molecular weight excluding hydrogens is 266 g/mol. The van der Waals surface area contributed by atoms with E-state index in [0.717, 1.165) is 44.3 Å². The van der Waals surface area contributed by atoms with Crippen LogP contribution in [0.1, 0.15) is 29.0 Å². The van der Waals surface area contributed by atoms with Gasteiger partial charge in [0, 0.05) is 39.3 Å². The number of nitrogens with zero attached hydrogens (tertiary/aromatic N) is 3. The lowest BCUT2D eigenvalue weighted by Crippen LogP contribution is -2.46. The zero-order chi connectivity index (χ0) is 14.7. The van der Waals surface area contributed by atoms with Crippen LogP contribution in [-0.4, -0.2) is 53.4 Å². The van der Waals surface area contributed by atoms with E-state index in [1.165, 1.54) is 19.4 Å². The number of nitrogen functional groups attached to an aromatic ring is 1. The van der Waals surface area contributed by atoms with Crippen LogP contribution >= 0.6 is 0 Å². The van der Waals surface area contributed by atoms with Gasteiger partial charge in [0.15, 0.2) is 0 Å². The van der Waals surface area contributed by atoms with Crippen LogP contribution in [0.4, 0.5) is 0 Å². The van der Waals surface area contributed by atoms with Crippen molar-refractivity contribution in [3.05, 3.63) is 29.6 Å². The fraction of sp³-hybridized carbons (Fsp3) is 0.600. The maximum atomic E-state index is 11.5. The molecule has 0 atom stereocenters. The Morgan fingerprint density at radius 3 is 2.62 bits per heavy atom. The van der Waals surface area contributed by atoms with Gasteiger partial charge in [0.2, 0.25) is 0 Å². The van der Waals surface area contributed by atoms with Gasteiger partial charge in [0.05, 0.1) is 5.69 Å². The van der Waals surface area contributed by atoms with Crippen LogP contribution in [0.3, 0.4) is 0 Å². The molecule has 1 aliphatic carbocycles. The molecule has 0 aromatic carbocycles. The van der Waals surface area contributed by atoms with E-state index < -0.39 is 0 Å². The van der Waals surface area contributed by atoms with Gasteiger partial charge in [-0.3, -0.25) is 15.1 Å². The molecule has 3 N–H and O–H groups in total. The van der Waals surface area contributed by atoms with E-state index >= 15 is 0 Å². The van der Waals surface area contributed by atoms with Gasteiger partial charge in [-0.25, -0.2) is 10.8 Å². The van der Waals surface area contributed by atoms with E-state index in [0.29, 0.717) is 5.69 Å². The van der Waals surface area contributed by atoms with Crippen LogP contribution in [0.5, 0.6) is 0 Å². The van der Waals surface area contributed by atoms with Crippen molar-refractivity contribution in [2.75, 3.05) is 32.7 Å². The number of hydrazine groups is 1. The number of pyridine rings is 1. The van der Waals surface area contributed by atoms with Crippen molar-refractivity contribution < 1.29 is 4.79 Å². The third-order valence-electron chi connectivity index (χ3n) is 4.23. The van der Waals surface area contributed by atoms with Gasteiger partial charge in [0.25, 0.3) is 5.91 Å². The first-order chi connectivity index (χ1) is 10.2. The Morgan fingerprint density at radius 1 is 1.24 bits per heavy atom. The van der Waals surface area contributed by atoms with E-state index in [1.54, 1.807) is 6.07 Å². The summed E-state index contributed by atoms with van der Waals surface area (Å²) >= 11 is 0. The highest BCUT2D eigenvalue weighted by Crippen LogP contribution is 2.29. The molecule has 0 unspecified atom stereocenters. The number of amides is 1. The summed E-state index contributed by atoms with van der Waals surface area (Å²) in [5.74, 6) is 5.76. The highest BCUT2D eigenvalue weighted by molar-refractivity contribution is 5.91. The monoisotopic (exact) mass is 289 g/mol. The number of nitrogens with one attached hydrogen (secondary N) is 1.